The number of rotatable bonds is 3. The van der Waals surface area contributed by atoms with Gasteiger partial charge in [-0.3, -0.25) is 4.79 Å². The molecule has 0 saturated carbocycles. The van der Waals surface area contributed by atoms with Gasteiger partial charge < -0.3 is 5.32 Å². The molecule has 0 radical (unpaired) electrons. The highest BCUT2D eigenvalue weighted by Gasteiger charge is 2.17. The summed E-state index contributed by atoms with van der Waals surface area (Å²) in [5.41, 5.74) is 2.04. The van der Waals surface area contributed by atoms with Crippen LogP contribution in [0.3, 0.4) is 0 Å². The van der Waals surface area contributed by atoms with Crippen LogP contribution in [-0.4, -0.2) is 18.9 Å². The van der Waals surface area contributed by atoms with Gasteiger partial charge >= 0.3 is 0 Å². The van der Waals surface area contributed by atoms with Crippen molar-refractivity contribution >= 4 is 17.9 Å². The Morgan fingerprint density at radius 2 is 2.12 bits per heavy atom. The second-order valence-electron chi connectivity index (χ2n) is 4.34. The van der Waals surface area contributed by atoms with Gasteiger partial charge in [0.05, 0.1) is 0 Å². The number of benzene rings is 1. The predicted molar refractivity (Wildman–Crippen MR) is 70.1 cm³/mol. The standard InChI is InChI=1S/C14H16ClNO/c15-14-9-13(16-7-6-12(14)10-17)8-11-4-2-1-3-5-11/h1-5,10,13,16H,6-9H2. The lowest BCUT2D eigenvalue weighted by Gasteiger charge is -2.15. The number of halogens is 1. The molecule has 1 aromatic rings. The van der Waals surface area contributed by atoms with Gasteiger partial charge in [-0.15, -0.1) is 0 Å². The first-order valence-corrected chi connectivity index (χ1v) is 6.27. The summed E-state index contributed by atoms with van der Waals surface area (Å²) < 4.78 is 0. The van der Waals surface area contributed by atoms with Crippen LogP contribution in [0.25, 0.3) is 0 Å². The van der Waals surface area contributed by atoms with Crippen molar-refractivity contribution in [2.24, 2.45) is 0 Å². The average Bonchev–Trinajstić information content (AvgIpc) is 2.52. The van der Waals surface area contributed by atoms with E-state index in [2.05, 4.69) is 17.4 Å². The first kappa shape index (κ1) is 12.3. The van der Waals surface area contributed by atoms with Gasteiger partial charge in [0.15, 0.2) is 0 Å². The summed E-state index contributed by atoms with van der Waals surface area (Å²) in [5.74, 6) is 0. The smallest absolute Gasteiger partial charge is 0.147 e. The third kappa shape index (κ3) is 3.42. The van der Waals surface area contributed by atoms with Gasteiger partial charge in [-0.2, -0.15) is 0 Å². The van der Waals surface area contributed by atoms with E-state index in [1.807, 2.05) is 18.2 Å². The number of hydrogen-bond donors (Lipinski definition) is 1. The van der Waals surface area contributed by atoms with Crippen molar-refractivity contribution in [3.63, 3.8) is 0 Å². The van der Waals surface area contributed by atoms with Crippen molar-refractivity contribution in [3.05, 3.63) is 46.5 Å². The second-order valence-corrected chi connectivity index (χ2v) is 4.80. The molecule has 0 spiro atoms. The quantitative estimate of drug-likeness (QED) is 0.835. The molecular weight excluding hydrogens is 234 g/mol. The van der Waals surface area contributed by atoms with Crippen molar-refractivity contribution in [1.29, 1.82) is 0 Å². The summed E-state index contributed by atoms with van der Waals surface area (Å²) in [6, 6.07) is 10.7. The largest absolute Gasteiger partial charge is 0.313 e. The molecule has 1 aromatic carbocycles. The normalized spacial score (nSPS) is 21.1. The van der Waals surface area contributed by atoms with E-state index in [9.17, 15) is 4.79 Å². The van der Waals surface area contributed by atoms with Crippen LogP contribution < -0.4 is 5.32 Å². The Morgan fingerprint density at radius 1 is 1.35 bits per heavy atom. The lowest BCUT2D eigenvalue weighted by atomic mass is 10.0. The maximum Gasteiger partial charge on any atom is 0.147 e. The summed E-state index contributed by atoms with van der Waals surface area (Å²) in [4.78, 5) is 10.8. The Kier molecular flexibility index (Phi) is 4.35. The molecule has 0 fully saturated rings. The molecule has 90 valence electrons. The van der Waals surface area contributed by atoms with Crippen molar-refractivity contribution < 1.29 is 4.79 Å². The fourth-order valence-electron chi connectivity index (χ4n) is 2.13. The first-order chi connectivity index (χ1) is 8.29. The number of hydrogen-bond acceptors (Lipinski definition) is 2. The van der Waals surface area contributed by atoms with E-state index in [1.165, 1.54) is 5.56 Å². The maximum absolute atomic E-state index is 10.8. The number of nitrogens with one attached hydrogen (secondary N) is 1. The van der Waals surface area contributed by atoms with E-state index in [0.29, 0.717) is 11.1 Å². The van der Waals surface area contributed by atoms with Gasteiger partial charge in [0, 0.05) is 16.6 Å². The second kappa shape index (κ2) is 5.99. The van der Waals surface area contributed by atoms with Gasteiger partial charge in [0.2, 0.25) is 0 Å². The molecule has 0 aromatic heterocycles. The van der Waals surface area contributed by atoms with E-state index >= 15 is 0 Å². The molecule has 0 aliphatic carbocycles. The van der Waals surface area contributed by atoms with Crippen LogP contribution in [0.4, 0.5) is 0 Å². The molecule has 0 bridgehead atoms. The lowest BCUT2D eigenvalue weighted by molar-refractivity contribution is -0.105. The molecule has 2 rings (SSSR count). The van der Waals surface area contributed by atoms with Crippen LogP contribution >= 0.6 is 11.6 Å². The number of aldehydes is 1. The van der Waals surface area contributed by atoms with E-state index in [-0.39, 0.29) is 0 Å². The van der Waals surface area contributed by atoms with Crippen LogP contribution in [0.15, 0.2) is 40.9 Å². The molecule has 1 atom stereocenters. The summed E-state index contributed by atoms with van der Waals surface area (Å²) in [6.07, 6.45) is 3.30. The highest BCUT2D eigenvalue weighted by atomic mass is 35.5. The summed E-state index contributed by atoms with van der Waals surface area (Å²) in [6.45, 7) is 0.821. The molecule has 3 heteroatoms. The number of carbonyl (C=O) groups excluding carboxylic acids is 1. The van der Waals surface area contributed by atoms with Crippen molar-refractivity contribution in [2.45, 2.75) is 25.3 Å². The van der Waals surface area contributed by atoms with E-state index in [4.69, 9.17) is 11.6 Å². The van der Waals surface area contributed by atoms with Crippen LogP contribution in [0.1, 0.15) is 18.4 Å². The summed E-state index contributed by atoms with van der Waals surface area (Å²) in [7, 11) is 0. The average molecular weight is 250 g/mol. The van der Waals surface area contributed by atoms with E-state index in [1.54, 1.807) is 0 Å². The van der Waals surface area contributed by atoms with Gasteiger partial charge in [0.25, 0.3) is 0 Å². The minimum absolute atomic E-state index is 0.322. The zero-order chi connectivity index (χ0) is 12.1. The summed E-state index contributed by atoms with van der Waals surface area (Å²) in [5, 5.41) is 4.15. The van der Waals surface area contributed by atoms with Crippen LogP contribution in [0.5, 0.6) is 0 Å². The van der Waals surface area contributed by atoms with Crippen molar-refractivity contribution in [2.75, 3.05) is 6.54 Å². The molecule has 1 unspecified atom stereocenters. The Morgan fingerprint density at radius 3 is 2.82 bits per heavy atom. The Hall–Kier alpha value is -1.12. The number of carbonyl (C=O) groups is 1. The molecule has 2 nitrogen and oxygen atoms in total. The Bertz CT molecular complexity index is 413. The molecule has 0 saturated heterocycles. The predicted octanol–water partition coefficient (Wildman–Crippen LogP) is 2.67. The molecule has 1 heterocycles. The Labute approximate surface area is 107 Å². The third-order valence-electron chi connectivity index (χ3n) is 3.07. The topological polar surface area (TPSA) is 29.1 Å². The highest BCUT2D eigenvalue weighted by molar-refractivity contribution is 6.31. The molecule has 1 N–H and O–H groups in total. The van der Waals surface area contributed by atoms with Crippen LogP contribution in [-0.2, 0) is 11.2 Å². The van der Waals surface area contributed by atoms with Crippen LogP contribution in [0, 0.1) is 0 Å². The Balaban J connectivity index is 2.04. The van der Waals surface area contributed by atoms with Crippen molar-refractivity contribution in [1.82, 2.24) is 5.32 Å². The van der Waals surface area contributed by atoms with E-state index < -0.39 is 0 Å². The fourth-order valence-corrected chi connectivity index (χ4v) is 2.46. The fraction of sp³-hybridized carbons (Fsp3) is 0.357. The van der Waals surface area contributed by atoms with Crippen molar-refractivity contribution in [3.8, 4) is 0 Å². The molecular formula is C14H16ClNO. The summed E-state index contributed by atoms with van der Waals surface area (Å²) >= 11 is 6.16. The van der Waals surface area contributed by atoms with Crippen LogP contribution in [0.2, 0.25) is 0 Å². The first-order valence-electron chi connectivity index (χ1n) is 5.89. The van der Waals surface area contributed by atoms with Gasteiger partial charge in [0.1, 0.15) is 6.29 Å². The minimum atomic E-state index is 0.322. The molecule has 1 aliphatic rings. The lowest BCUT2D eigenvalue weighted by Crippen LogP contribution is -2.30. The maximum atomic E-state index is 10.8. The van der Waals surface area contributed by atoms with Gasteiger partial charge in [-0.1, -0.05) is 41.9 Å². The van der Waals surface area contributed by atoms with Gasteiger partial charge in [-0.05, 0) is 31.4 Å². The highest BCUT2D eigenvalue weighted by Crippen LogP contribution is 2.21. The SMILES string of the molecule is O=CC1=C(Cl)CC(Cc2ccccc2)NCC1. The molecule has 17 heavy (non-hydrogen) atoms. The monoisotopic (exact) mass is 249 g/mol. The zero-order valence-corrected chi connectivity index (χ0v) is 10.4. The molecule has 0 amide bonds. The zero-order valence-electron chi connectivity index (χ0n) is 9.66. The molecule has 1 aliphatic heterocycles. The van der Waals surface area contributed by atoms with Gasteiger partial charge in [-0.25, -0.2) is 0 Å². The third-order valence-corrected chi connectivity index (χ3v) is 3.47. The minimum Gasteiger partial charge on any atom is -0.313 e. The van der Waals surface area contributed by atoms with E-state index in [0.717, 1.165) is 37.7 Å².